The Labute approximate surface area is 252 Å². The van der Waals surface area contributed by atoms with Crippen LogP contribution in [-0.2, 0) is 37.4 Å². The van der Waals surface area contributed by atoms with Gasteiger partial charge >= 0.3 is 0 Å². The van der Waals surface area contributed by atoms with Gasteiger partial charge < -0.3 is 35.3 Å². The van der Waals surface area contributed by atoms with Crippen LogP contribution in [-0.4, -0.2) is 43.3 Å². The van der Waals surface area contributed by atoms with Crippen molar-refractivity contribution in [3.05, 3.63) is 82.3 Å². The molecule has 0 spiro atoms. The van der Waals surface area contributed by atoms with Crippen LogP contribution in [0.2, 0.25) is 0 Å². The fourth-order valence-corrected chi connectivity index (χ4v) is 6.06. The van der Waals surface area contributed by atoms with Crippen molar-refractivity contribution in [1.82, 2.24) is 14.9 Å². The average molecular weight is 589 g/mol. The first-order valence-corrected chi connectivity index (χ1v) is 15.4. The molecule has 0 bridgehead atoms. The second-order valence-corrected chi connectivity index (χ2v) is 11.7. The number of nitrogens with two attached hydrogens (primary N) is 1. The van der Waals surface area contributed by atoms with Gasteiger partial charge in [0.2, 0.25) is 0 Å². The molecule has 7 N–H and O–H groups in total. The lowest BCUT2D eigenvalue weighted by Gasteiger charge is -2.27. The van der Waals surface area contributed by atoms with Gasteiger partial charge in [0.05, 0.1) is 24.4 Å². The third-order valence-electron chi connectivity index (χ3n) is 8.49. The highest BCUT2D eigenvalue weighted by atomic mass is 16.5. The predicted molar refractivity (Wildman–Crippen MR) is 167 cm³/mol. The van der Waals surface area contributed by atoms with Crippen molar-refractivity contribution < 1.29 is 24.9 Å². The largest absolute Gasteiger partial charge is 0.504 e. The van der Waals surface area contributed by atoms with E-state index in [1.165, 1.54) is 5.56 Å². The number of aryl methyl sites for hydroxylation is 1. The monoisotopic (exact) mass is 588 g/mol. The van der Waals surface area contributed by atoms with Crippen molar-refractivity contribution in [2.45, 2.75) is 90.3 Å². The van der Waals surface area contributed by atoms with E-state index in [0.29, 0.717) is 31.4 Å². The molecule has 2 aromatic heterocycles. The summed E-state index contributed by atoms with van der Waals surface area (Å²) in [6, 6.07) is 9.15. The van der Waals surface area contributed by atoms with E-state index in [2.05, 4.69) is 17.2 Å². The van der Waals surface area contributed by atoms with Crippen LogP contribution in [0.4, 0.5) is 0 Å². The van der Waals surface area contributed by atoms with E-state index < -0.39 is 6.10 Å². The van der Waals surface area contributed by atoms with Gasteiger partial charge in [-0.1, -0.05) is 44.4 Å². The number of aromatic nitrogens is 2. The molecule has 0 saturated heterocycles. The van der Waals surface area contributed by atoms with Gasteiger partial charge in [0.1, 0.15) is 5.78 Å². The highest BCUT2D eigenvalue weighted by molar-refractivity contribution is 5.83. The molecule has 1 aliphatic heterocycles. The minimum atomic E-state index is -0.573. The standard InChI is InChI=1S/C34H44N4O5/c1-2-3-4-5-25(40)16-26(41)9-6-22-7-11-32(42)33(14-22)43-21-38-18-30-24(17-37-31(30)19-38)15-29-23(20-39)8-10-28-27(29)12-13-36-34(28)35/h7-8,10-11,14,17-19,25,34,36-37,39-40,42H,2-6,9,12-13,15-16,20-21,35H2,1H3/t25-,34+/m1/s1. The Morgan fingerprint density at radius 1 is 1.19 bits per heavy atom. The second-order valence-electron chi connectivity index (χ2n) is 11.7. The number of carbonyl (C=O) groups excluding carboxylic acids is 1. The number of hydrogen-bond acceptors (Lipinski definition) is 7. The van der Waals surface area contributed by atoms with Crippen LogP contribution in [0.15, 0.2) is 48.9 Å². The molecule has 5 rings (SSSR count). The Balaban J connectivity index is 1.22. The summed E-state index contributed by atoms with van der Waals surface area (Å²) in [6.45, 7) is 3.10. The lowest BCUT2D eigenvalue weighted by molar-refractivity contribution is -0.121. The Kier molecular flexibility index (Phi) is 10.2. The third kappa shape index (κ3) is 7.48. The number of phenolic OH excluding ortho intramolecular Hbond substituents is 1. The quantitative estimate of drug-likeness (QED) is 0.110. The maximum absolute atomic E-state index is 12.4. The van der Waals surface area contributed by atoms with Gasteiger partial charge in [-0.25, -0.2) is 0 Å². The third-order valence-corrected chi connectivity index (χ3v) is 8.49. The first-order chi connectivity index (χ1) is 20.9. The molecule has 0 unspecified atom stereocenters. The van der Waals surface area contributed by atoms with Crippen molar-refractivity contribution >= 4 is 16.7 Å². The molecule has 2 atom stereocenters. The number of ketones is 1. The minimum Gasteiger partial charge on any atom is -0.504 e. The van der Waals surface area contributed by atoms with E-state index in [-0.39, 0.29) is 37.5 Å². The number of carbonyl (C=O) groups is 1. The number of Topliss-reactive ketones (excluding diaryl/α,β-unsaturated/α-hetero) is 1. The zero-order valence-corrected chi connectivity index (χ0v) is 24.9. The molecule has 4 aromatic rings. The summed E-state index contributed by atoms with van der Waals surface area (Å²) in [4.78, 5) is 15.7. The summed E-state index contributed by atoms with van der Waals surface area (Å²) in [6.07, 6.45) is 11.6. The normalized spacial score (nSPS) is 15.5. The molecule has 230 valence electrons. The van der Waals surface area contributed by atoms with Crippen LogP contribution in [0, 0.1) is 0 Å². The highest BCUT2D eigenvalue weighted by Crippen LogP contribution is 2.31. The Morgan fingerprint density at radius 2 is 2.05 bits per heavy atom. The molecule has 1 aliphatic rings. The molecule has 43 heavy (non-hydrogen) atoms. The van der Waals surface area contributed by atoms with Crippen molar-refractivity contribution in [3.8, 4) is 11.5 Å². The number of nitrogens with zero attached hydrogens (tertiary/aromatic N) is 1. The predicted octanol–water partition coefficient (Wildman–Crippen LogP) is 4.73. The first-order valence-electron chi connectivity index (χ1n) is 15.4. The van der Waals surface area contributed by atoms with E-state index in [1.54, 1.807) is 18.2 Å². The summed E-state index contributed by atoms with van der Waals surface area (Å²) in [5.41, 5.74) is 13.6. The van der Waals surface area contributed by atoms with Gasteiger partial charge in [0, 0.05) is 49.8 Å². The topological polar surface area (TPSA) is 146 Å². The van der Waals surface area contributed by atoms with Crippen molar-refractivity contribution in [2.75, 3.05) is 6.54 Å². The van der Waals surface area contributed by atoms with E-state index in [0.717, 1.165) is 70.9 Å². The van der Waals surface area contributed by atoms with Crippen LogP contribution < -0.4 is 15.8 Å². The minimum absolute atomic E-state index is 0.0224. The molecule has 0 radical (unpaired) electrons. The summed E-state index contributed by atoms with van der Waals surface area (Å²) < 4.78 is 7.91. The lowest BCUT2D eigenvalue weighted by Crippen LogP contribution is -2.36. The van der Waals surface area contributed by atoms with Gasteiger partial charge in [-0.15, -0.1) is 0 Å². The van der Waals surface area contributed by atoms with Gasteiger partial charge in [-0.2, -0.15) is 0 Å². The number of rotatable bonds is 15. The zero-order chi connectivity index (χ0) is 30.3. The van der Waals surface area contributed by atoms with Crippen molar-refractivity contribution in [3.63, 3.8) is 0 Å². The summed E-state index contributed by atoms with van der Waals surface area (Å²) in [5.74, 6) is 0.438. The van der Waals surface area contributed by atoms with Crippen LogP contribution in [0.25, 0.3) is 10.9 Å². The van der Waals surface area contributed by atoms with Crippen molar-refractivity contribution in [1.29, 1.82) is 0 Å². The molecular weight excluding hydrogens is 544 g/mol. The number of ether oxygens (including phenoxy) is 1. The number of hydrogen-bond donors (Lipinski definition) is 6. The average Bonchev–Trinajstić information content (AvgIpc) is 3.57. The van der Waals surface area contributed by atoms with Gasteiger partial charge in [-0.3, -0.25) is 10.1 Å². The van der Waals surface area contributed by atoms with Crippen LogP contribution in [0.3, 0.4) is 0 Å². The molecule has 0 amide bonds. The van der Waals surface area contributed by atoms with E-state index in [9.17, 15) is 20.1 Å². The lowest BCUT2D eigenvalue weighted by atomic mass is 9.87. The Morgan fingerprint density at radius 3 is 2.86 bits per heavy atom. The summed E-state index contributed by atoms with van der Waals surface area (Å²) >= 11 is 0. The fourth-order valence-electron chi connectivity index (χ4n) is 6.06. The maximum Gasteiger partial charge on any atom is 0.165 e. The molecule has 0 fully saturated rings. The van der Waals surface area contributed by atoms with Crippen molar-refractivity contribution in [2.24, 2.45) is 5.73 Å². The number of aromatic amines is 1. The summed E-state index contributed by atoms with van der Waals surface area (Å²) in [5, 5.41) is 35.0. The van der Waals surface area contributed by atoms with E-state index in [4.69, 9.17) is 10.5 Å². The van der Waals surface area contributed by atoms with Crippen LogP contribution in [0.5, 0.6) is 11.5 Å². The molecule has 3 heterocycles. The number of aromatic hydroxyl groups is 1. The number of H-pyrrole nitrogens is 1. The molecular formula is C34H44N4O5. The van der Waals surface area contributed by atoms with E-state index >= 15 is 0 Å². The van der Waals surface area contributed by atoms with E-state index in [1.807, 2.05) is 35.3 Å². The van der Waals surface area contributed by atoms with Gasteiger partial charge in [0.25, 0.3) is 0 Å². The molecule has 0 aliphatic carbocycles. The fraction of sp³-hybridized carbons (Fsp3) is 0.441. The smallest absolute Gasteiger partial charge is 0.165 e. The van der Waals surface area contributed by atoms with Gasteiger partial charge in [-0.05, 0) is 64.8 Å². The number of benzene rings is 2. The highest BCUT2D eigenvalue weighted by Gasteiger charge is 2.22. The van der Waals surface area contributed by atoms with Gasteiger partial charge in [0.15, 0.2) is 18.2 Å². The number of phenols is 1. The Bertz CT molecular complexity index is 1540. The SMILES string of the molecule is CCCCC[C@@H](O)CC(=O)CCc1ccc(O)c(OCn2cc3[nH]cc(Cc4c(CO)ccc5c4CCN[C@@H]5N)c3c2)c1. The maximum atomic E-state index is 12.4. The summed E-state index contributed by atoms with van der Waals surface area (Å²) in [7, 11) is 0. The number of aliphatic hydroxyl groups excluding tert-OH is 2. The number of nitrogens with one attached hydrogen (secondary N) is 2. The zero-order valence-electron chi connectivity index (χ0n) is 24.9. The molecule has 2 aromatic carbocycles. The van der Waals surface area contributed by atoms with Crippen LogP contribution in [0.1, 0.15) is 85.0 Å². The number of fused-ring (bicyclic) bond motifs is 2. The van der Waals surface area contributed by atoms with Crippen LogP contribution >= 0.6 is 0 Å². The molecule has 9 nitrogen and oxygen atoms in total. The Hall–Kier alpha value is -3.63. The molecule has 9 heteroatoms. The first kappa shape index (κ1) is 30.8. The number of aliphatic hydroxyl groups is 2. The number of unbranched alkanes of at least 4 members (excludes halogenated alkanes) is 2. The molecule has 0 saturated carbocycles. The second kappa shape index (κ2) is 14.2.